The summed E-state index contributed by atoms with van der Waals surface area (Å²) in [5.41, 5.74) is 0. The lowest BCUT2D eigenvalue weighted by molar-refractivity contribution is -0.133. The van der Waals surface area contributed by atoms with E-state index in [-0.39, 0.29) is 12.0 Å². The molecule has 4 heteroatoms. The van der Waals surface area contributed by atoms with Crippen LogP contribution in [0.25, 0.3) is 0 Å². The highest BCUT2D eigenvalue weighted by Crippen LogP contribution is 2.29. The van der Waals surface area contributed by atoms with Crippen LogP contribution >= 0.6 is 0 Å². The molecule has 1 heterocycles. The summed E-state index contributed by atoms with van der Waals surface area (Å²) in [4.78, 5) is 17.0. The lowest BCUT2D eigenvalue weighted by Gasteiger charge is -2.42. The van der Waals surface area contributed by atoms with Crippen molar-refractivity contribution < 1.29 is 9.53 Å². The van der Waals surface area contributed by atoms with Crippen molar-refractivity contribution in [3.63, 3.8) is 0 Å². The van der Waals surface area contributed by atoms with Crippen LogP contribution in [0.4, 0.5) is 0 Å². The molecule has 1 aliphatic heterocycles. The zero-order valence-corrected chi connectivity index (χ0v) is 15.6. The van der Waals surface area contributed by atoms with E-state index in [1.165, 1.54) is 25.7 Å². The summed E-state index contributed by atoms with van der Waals surface area (Å²) in [7, 11) is 3.70. The average molecular weight is 325 g/mol. The van der Waals surface area contributed by atoms with E-state index in [0.717, 1.165) is 44.3 Å². The highest BCUT2D eigenvalue weighted by atomic mass is 16.5. The van der Waals surface area contributed by atoms with Gasteiger partial charge >= 0.3 is 0 Å². The molecule has 0 aromatic heterocycles. The van der Waals surface area contributed by atoms with Crippen LogP contribution in [0.3, 0.4) is 0 Å². The molecule has 4 nitrogen and oxygen atoms in total. The summed E-state index contributed by atoms with van der Waals surface area (Å²) in [5.74, 6) is 1.20. The second-order valence-corrected chi connectivity index (χ2v) is 7.77. The second kappa shape index (κ2) is 9.03. The number of carbonyl (C=O) groups is 1. The number of methoxy groups -OCH3 is 1. The predicted molar refractivity (Wildman–Crippen MR) is 94.5 cm³/mol. The van der Waals surface area contributed by atoms with Gasteiger partial charge in [0.1, 0.15) is 0 Å². The molecule has 0 N–H and O–H groups in total. The third kappa shape index (κ3) is 5.46. The van der Waals surface area contributed by atoms with Gasteiger partial charge in [0.15, 0.2) is 0 Å². The van der Waals surface area contributed by atoms with E-state index in [2.05, 4.69) is 11.8 Å². The van der Waals surface area contributed by atoms with Crippen LogP contribution in [0.5, 0.6) is 0 Å². The zero-order valence-electron chi connectivity index (χ0n) is 15.6. The molecule has 1 amide bonds. The van der Waals surface area contributed by atoms with Gasteiger partial charge in [-0.05, 0) is 57.8 Å². The number of rotatable bonds is 6. The van der Waals surface area contributed by atoms with Gasteiger partial charge in [-0.1, -0.05) is 6.92 Å². The molecule has 23 heavy (non-hydrogen) atoms. The van der Waals surface area contributed by atoms with Gasteiger partial charge in [-0.25, -0.2) is 0 Å². The molecular weight excluding hydrogens is 288 g/mol. The van der Waals surface area contributed by atoms with Gasteiger partial charge in [0.05, 0.1) is 6.10 Å². The van der Waals surface area contributed by atoms with Crippen molar-refractivity contribution in [2.24, 2.45) is 5.92 Å². The minimum absolute atomic E-state index is 0.169. The van der Waals surface area contributed by atoms with Crippen molar-refractivity contribution in [2.45, 2.75) is 83.4 Å². The van der Waals surface area contributed by atoms with Crippen LogP contribution in [-0.2, 0) is 9.53 Å². The molecular formula is C19H36N2O2. The maximum atomic E-state index is 12.3. The fraction of sp³-hybridized carbons (Fsp3) is 0.947. The molecule has 0 spiro atoms. The Morgan fingerprint density at radius 1 is 1.17 bits per heavy atom. The van der Waals surface area contributed by atoms with Crippen LogP contribution in [0.2, 0.25) is 0 Å². The minimum atomic E-state index is 0.169. The van der Waals surface area contributed by atoms with Gasteiger partial charge in [-0.15, -0.1) is 0 Å². The molecule has 1 saturated carbocycles. The van der Waals surface area contributed by atoms with E-state index >= 15 is 0 Å². The molecule has 134 valence electrons. The molecule has 0 aromatic rings. The van der Waals surface area contributed by atoms with E-state index in [1.54, 1.807) is 7.11 Å². The highest BCUT2D eigenvalue weighted by molar-refractivity contribution is 5.76. The largest absolute Gasteiger partial charge is 0.382 e. The summed E-state index contributed by atoms with van der Waals surface area (Å²) >= 11 is 0. The Hall–Kier alpha value is -0.610. The van der Waals surface area contributed by atoms with Crippen molar-refractivity contribution in [1.29, 1.82) is 0 Å². The number of hydrogen-bond acceptors (Lipinski definition) is 3. The van der Waals surface area contributed by atoms with Gasteiger partial charge in [0.25, 0.3) is 0 Å². The highest BCUT2D eigenvalue weighted by Gasteiger charge is 2.30. The van der Waals surface area contributed by atoms with E-state index in [9.17, 15) is 4.79 Å². The lowest BCUT2D eigenvalue weighted by atomic mass is 9.85. The second-order valence-electron chi connectivity index (χ2n) is 7.77. The molecule has 1 saturated heterocycles. The smallest absolute Gasteiger partial charge is 0.222 e. The predicted octanol–water partition coefficient (Wildman–Crippen LogP) is 3.30. The van der Waals surface area contributed by atoms with E-state index in [4.69, 9.17) is 4.74 Å². The van der Waals surface area contributed by atoms with E-state index in [1.807, 2.05) is 18.9 Å². The number of nitrogens with zero attached hydrogens (tertiary/aromatic N) is 2. The third-order valence-electron chi connectivity index (χ3n) is 6.11. The average Bonchev–Trinajstić information content (AvgIpc) is 2.59. The molecule has 0 bridgehead atoms. The van der Waals surface area contributed by atoms with E-state index < -0.39 is 0 Å². The van der Waals surface area contributed by atoms with Crippen LogP contribution in [0, 0.1) is 5.92 Å². The Balaban J connectivity index is 1.71. The quantitative estimate of drug-likeness (QED) is 0.751. The fourth-order valence-corrected chi connectivity index (χ4v) is 4.07. The van der Waals surface area contributed by atoms with Crippen LogP contribution in [-0.4, -0.2) is 61.1 Å². The SMILES string of the molecule is COC(C)CCC(=O)N(C)C1CCN(C2CCC(C)CC2)CC1. The molecule has 1 atom stereocenters. The summed E-state index contributed by atoms with van der Waals surface area (Å²) in [5, 5.41) is 0. The lowest BCUT2D eigenvalue weighted by Crippen LogP contribution is -2.49. The molecule has 0 aromatic carbocycles. The summed E-state index contributed by atoms with van der Waals surface area (Å²) in [6, 6.07) is 1.23. The summed E-state index contributed by atoms with van der Waals surface area (Å²) in [6.07, 6.45) is 9.38. The molecule has 2 aliphatic rings. The number of amides is 1. The standard InChI is InChI=1S/C19H36N2O2/c1-15-5-8-18(9-6-15)21-13-11-17(12-14-21)20(3)19(22)10-7-16(2)23-4/h15-18H,5-14H2,1-4H3. The Morgan fingerprint density at radius 3 is 2.35 bits per heavy atom. The monoisotopic (exact) mass is 324 g/mol. The van der Waals surface area contributed by atoms with Gasteiger partial charge in [-0.2, -0.15) is 0 Å². The molecule has 1 unspecified atom stereocenters. The maximum Gasteiger partial charge on any atom is 0.222 e. The van der Waals surface area contributed by atoms with Crippen LogP contribution in [0.15, 0.2) is 0 Å². The molecule has 2 rings (SSSR count). The number of likely N-dealkylation sites (tertiary alicyclic amines) is 1. The van der Waals surface area contributed by atoms with Crippen molar-refractivity contribution in [3.05, 3.63) is 0 Å². The first kappa shape index (κ1) is 18.7. The number of carbonyl (C=O) groups excluding carboxylic acids is 1. The first-order valence-electron chi connectivity index (χ1n) is 9.53. The molecule has 2 fully saturated rings. The number of hydrogen-bond donors (Lipinski definition) is 0. The Bertz CT molecular complexity index is 358. The third-order valence-corrected chi connectivity index (χ3v) is 6.11. The van der Waals surface area contributed by atoms with E-state index in [0.29, 0.717) is 12.5 Å². The zero-order chi connectivity index (χ0) is 16.8. The van der Waals surface area contributed by atoms with Gasteiger partial charge in [0.2, 0.25) is 5.91 Å². The van der Waals surface area contributed by atoms with Gasteiger partial charge < -0.3 is 14.5 Å². The Labute approximate surface area is 142 Å². The first-order valence-corrected chi connectivity index (χ1v) is 9.53. The van der Waals surface area contributed by atoms with Gasteiger partial charge in [0, 0.05) is 45.8 Å². The van der Waals surface area contributed by atoms with Crippen molar-refractivity contribution in [2.75, 3.05) is 27.2 Å². The maximum absolute atomic E-state index is 12.3. The van der Waals surface area contributed by atoms with Crippen molar-refractivity contribution in [1.82, 2.24) is 9.80 Å². The minimum Gasteiger partial charge on any atom is -0.382 e. The molecule has 1 aliphatic carbocycles. The fourth-order valence-electron chi connectivity index (χ4n) is 4.07. The van der Waals surface area contributed by atoms with Gasteiger partial charge in [-0.3, -0.25) is 4.79 Å². The normalized spacial score (nSPS) is 28.5. The number of ether oxygens (including phenoxy) is 1. The first-order chi connectivity index (χ1) is 11.0. The van der Waals surface area contributed by atoms with Crippen molar-refractivity contribution in [3.8, 4) is 0 Å². The van der Waals surface area contributed by atoms with Crippen molar-refractivity contribution >= 4 is 5.91 Å². The number of piperidine rings is 1. The Kier molecular flexibility index (Phi) is 7.35. The van der Waals surface area contributed by atoms with Crippen LogP contribution < -0.4 is 0 Å². The Morgan fingerprint density at radius 2 is 1.78 bits per heavy atom. The summed E-state index contributed by atoms with van der Waals surface area (Å²) < 4.78 is 5.24. The topological polar surface area (TPSA) is 32.8 Å². The molecule has 0 radical (unpaired) electrons. The van der Waals surface area contributed by atoms with Crippen LogP contribution in [0.1, 0.15) is 65.2 Å². The summed E-state index contributed by atoms with van der Waals surface area (Å²) in [6.45, 7) is 6.73.